The number of benzene rings is 1. The summed E-state index contributed by atoms with van der Waals surface area (Å²) in [4.78, 5) is 25.3. The first-order chi connectivity index (χ1) is 10.6. The van der Waals surface area contributed by atoms with Gasteiger partial charge in [-0.05, 0) is 37.5 Å². The molecule has 0 spiro atoms. The van der Waals surface area contributed by atoms with Gasteiger partial charge in [-0.25, -0.2) is 9.18 Å². The van der Waals surface area contributed by atoms with E-state index in [1.54, 1.807) is 24.0 Å². The predicted molar refractivity (Wildman–Crippen MR) is 79.6 cm³/mol. The fraction of sp³-hybridized carbons (Fsp3) is 0.500. The Kier molecular flexibility index (Phi) is 5.75. The third-order valence-electron chi connectivity index (χ3n) is 3.75. The molecular weight excluding hydrogens is 287 g/mol. The summed E-state index contributed by atoms with van der Waals surface area (Å²) in [5.41, 5.74) is 0.734. The summed E-state index contributed by atoms with van der Waals surface area (Å²) in [5, 5.41) is 2.82. The number of carbonyl (C=O) groups is 2. The van der Waals surface area contributed by atoms with Crippen molar-refractivity contribution in [3.8, 4) is 0 Å². The normalized spacial score (nSPS) is 15.5. The van der Waals surface area contributed by atoms with Gasteiger partial charge in [0.25, 0.3) is 0 Å². The van der Waals surface area contributed by atoms with E-state index in [4.69, 9.17) is 4.74 Å². The van der Waals surface area contributed by atoms with Gasteiger partial charge in [-0.3, -0.25) is 4.79 Å². The van der Waals surface area contributed by atoms with Crippen LogP contribution in [0.15, 0.2) is 24.3 Å². The van der Waals surface area contributed by atoms with Crippen molar-refractivity contribution in [1.29, 1.82) is 0 Å². The Labute approximate surface area is 129 Å². The van der Waals surface area contributed by atoms with Crippen LogP contribution in [-0.2, 0) is 16.1 Å². The topological polar surface area (TPSA) is 58.6 Å². The predicted octanol–water partition coefficient (Wildman–Crippen LogP) is 2.31. The second-order valence-electron chi connectivity index (χ2n) is 5.31. The lowest BCUT2D eigenvalue weighted by Gasteiger charge is -2.30. The smallest absolute Gasteiger partial charge is 0.409 e. The van der Waals surface area contributed by atoms with Gasteiger partial charge in [0.05, 0.1) is 6.61 Å². The van der Waals surface area contributed by atoms with Gasteiger partial charge < -0.3 is 15.0 Å². The Morgan fingerprint density at radius 1 is 1.36 bits per heavy atom. The molecular formula is C16H21FN2O3. The van der Waals surface area contributed by atoms with Gasteiger partial charge >= 0.3 is 6.09 Å². The van der Waals surface area contributed by atoms with Gasteiger partial charge in [0.1, 0.15) is 5.82 Å². The first kappa shape index (κ1) is 16.3. The van der Waals surface area contributed by atoms with Crippen LogP contribution in [0.25, 0.3) is 0 Å². The molecule has 0 aromatic heterocycles. The summed E-state index contributed by atoms with van der Waals surface area (Å²) in [6.45, 7) is 3.49. The maximum atomic E-state index is 13.1. The molecule has 0 aliphatic carbocycles. The Morgan fingerprint density at radius 2 is 2.09 bits per heavy atom. The molecule has 5 nitrogen and oxygen atoms in total. The van der Waals surface area contributed by atoms with Crippen LogP contribution in [0.2, 0.25) is 0 Å². The molecule has 1 aliphatic heterocycles. The van der Waals surface area contributed by atoms with Gasteiger partial charge in [-0.15, -0.1) is 0 Å². The number of carbonyl (C=O) groups excluding carboxylic acids is 2. The maximum absolute atomic E-state index is 13.1. The van der Waals surface area contributed by atoms with Crippen molar-refractivity contribution >= 4 is 12.0 Å². The Morgan fingerprint density at radius 3 is 2.73 bits per heavy atom. The van der Waals surface area contributed by atoms with E-state index in [9.17, 15) is 14.0 Å². The number of nitrogens with zero attached hydrogens (tertiary/aromatic N) is 1. The monoisotopic (exact) mass is 308 g/mol. The van der Waals surface area contributed by atoms with E-state index in [1.165, 1.54) is 12.1 Å². The Bertz CT molecular complexity index is 528. The Balaban J connectivity index is 1.76. The van der Waals surface area contributed by atoms with Crippen molar-refractivity contribution in [3.05, 3.63) is 35.6 Å². The van der Waals surface area contributed by atoms with Crippen LogP contribution in [0.1, 0.15) is 25.3 Å². The van der Waals surface area contributed by atoms with Crippen LogP contribution in [0.4, 0.5) is 9.18 Å². The fourth-order valence-electron chi connectivity index (χ4n) is 2.52. The van der Waals surface area contributed by atoms with Crippen LogP contribution < -0.4 is 5.32 Å². The lowest BCUT2D eigenvalue weighted by atomic mass is 9.96. The molecule has 1 aromatic carbocycles. The summed E-state index contributed by atoms with van der Waals surface area (Å²) >= 11 is 0. The number of hydrogen-bond donors (Lipinski definition) is 1. The van der Waals surface area contributed by atoms with Gasteiger partial charge in [0.15, 0.2) is 0 Å². The molecule has 6 heteroatoms. The highest BCUT2D eigenvalue weighted by molar-refractivity contribution is 5.79. The van der Waals surface area contributed by atoms with Crippen LogP contribution in [-0.4, -0.2) is 36.6 Å². The highest BCUT2D eigenvalue weighted by atomic mass is 19.1. The number of amides is 2. The lowest BCUT2D eigenvalue weighted by molar-refractivity contribution is -0.126. The summed E-state index contributed by atoms with van der Waals surface area (Å²) in [6.07, 6.45) is 0.919. The van der Waals surface area contributed by atoms with E-state index in [1.807, 2.05) is 0 Å². The van der Waals surface area contributed by atoms with Crippen molar-refractivity contribution in [2.75, 3.05) is 19.7 Å². The van der Waals surface area contributed by atoms with Gasteiger partial charge in [-0.2, -0.15) is 0 Å². The number of nitrogens with one attached hydrogen (secondary N) is 1. The van der Waals surface area contributed by atoms with Crippen LogP contribution in [0.5, 0.6) is 0 Å². The van der Waals surface area contributed by atoms with Crippen molar-refractivity contribution in [3.63, 3.8) is 0 Å². The summed E-state index contributed by atoms with van der Waals surface area (Å²) < 4.78 is 18.0. The average Bonchev–Trinajstić information content (AvgIpc) is 2.53. The average molecular weight is 308 g/mol. The molecule has 120 valence electrons. The van der Waals surface area contributed by atoms with E-state index in [0.29, 0.717) is 39.1 Å². The minimum absolute atomic E-state index is 0.0484. The SMILES string of the molecule is CCOC(=O)N1CCC(C(=O)NCc2cccc(F)c2)CC1. The van der Waals surface area contributed by atoms with E-state index >= 15 is 0 Å². The molecule has 1 fully saturated rings. The Hall–Kier alpha value is -2.11. The zero-order valence-electron chi connectivity index (χ0n) is 12.7. The van der Waals surface area contributed by atoms with E-state index in [0.717, 1.165) is 5.56 Å². The van der Waals surface area contributed by atoms with Gasteiger partial charge in [0, 0.05) is 25.6 Å². The highest BCUT2D eigenvalue weighted by Crippen LogP contribution is 2.18. The molecule has 1 aromatic rings. The zero-order chi connectivity index (χ0) is 15.9. The van der Waals surface area contributed by atoms with Crippen molar-refractivity contribution in [2.24, 2.45) is 5.92 Å². The summed E-state index contributed by atoms with van der Waals surface area (Å²) in [6, 6.07) is 6.17. The molecule has 2 amide bonds. The largest absolute Gasteiger partial charge is 0.450 e. The molecule has 2 rings (SSSR count). The molecule has 1 N–H and O–H groups in total. The number of halogens is 1. The summed E-state index contributed by atoms with van der Waals surface area (Å²) in [5.74, 6) is -0.471. The molecule has 1 aliphatic rings. The minimum Gasteiger partial charge on any atom is -0.450 e. The van der Waals surface area contributed by atoms with Crippen LogP contribution in [0.3, 0.4) is 0 Å². The number of ether oxygens (including phenoxy) is 1. The quantitative estimate of drug-likeness (QED) is 0.928. The molecule has 0 saturated carbocycles. The zero-order valence-corrected chi connectivity index (χ0v) is 12.7. The van der Waals surface area contributed by atoms with Gasteiger partial charge in [0.2, 0.25) is 5.91 Å². The molecule has 22 heavy (non-hydrogen) atoms. The molecule has 0 unspecified atom stereocenters. The first-order valence-corrected chi connectivity index (χ1v) is 7.54. The highest BCUT2D eigenvalue weighted by Gasteiger charge is 2.27. The molecule has 0 radical (unpaired) electrons. The number of rotatable bonds is 4. The first-order valence-electron chi connectivity index (χ1n) is 7.54. The standard InChI is InChI=1S/C16H21FN2O3/c1-2-22-16(21)19-8-6-13(7-9-19)15(20)18-11-12-4-3-5-14(17)10-12/h3-5,10,13H,2,6-9,11H2,1H3,(H,18,20). The summed E-state index contributed by atoms with van der Waals surface area (Å²) in [7, 11) is 0. The third-order valence-corrected chi connectivity index (χ3v) is 3.75. The third kappa shape index (κ3) is 4.44. The maximum Gasteiger partial charge on any atom is 0.409 e. The lowest BCUT2D eigenvalue weighted by Crippen LogP contribution is -2.43. The van der Waals surface area contributed by atoms with E-state index in [2.05, 4.69) is 5.32 Å². The van der Waals surface area contributed by atoms with Crippen molar-refractivity contribution < 1.29 is 18.7 Å². The van der Waals surface area contributed by atoms with Crippen LogP contribution >= 0.6 is 0 Å². The molecule has 1 saturated heterocycles. The molecule has 0 atom stereocenters. The van der Waals surface area contributed by atoms with Crippen molar-refractivity contribution in [2.45, 2.75) is 26.3 Å². The minimum atomic E-state index is -0.318. The van der Waals surface area contributed by atoms with Crippen LogP contribution in [0, 0.1) is 11.7 Å². The van der Waals surface area contributed by atoms with E-state index in [-0.39, 0.29) is 23.7 Å². The number of hydrogen-bond acceptors (Lipinski definition) is 3. The van der Waals surface area contributed by atoms with E-state index < -0.39 is 0 Å². The number of piperidine rings is 1. The molecule has 0 bridgehead atoms. The second kappa shape index (κ2) is 7.77. The molecule has 1 heterocycles. The van der Waals surface area contributed by atoms with Crippen molar-refractivity contribution in [1.82, 2.24) is 10.2 Å². The fourth-order valence-corrected chi connectivity index (χ4v) is 2.52. The second-order valence-corrected chi connectivity index (χ2v) is 5.31. The van der Waals surface area contributed by atoms with Gasteiger partial charge in [-0.1, -0.05) is 12.1 Å². The number of likely N-dealkylation sites (tertiary alicyclic amines) is 1.